The van der Waals surface area contributed by atoms with Gasteiger partial charge in [0.05, 0.1) is 5.69 Å². The molecule has 1 aromatic rings. The minimum absolute atomic E-state index is 0.383. The molecule has 1 rings (SSSR count). The van der Waals surface area contributed by atoms with Gasteiger partial charge >= 0.3 is 0 Å². The monoisotopic (exact) mass is 312 g/mol. The SMILES string of the molecule is CCCN(c1ccc(C(C)NC)cc1Br)C(C)C. The maximum atomic E-state index is 3.71. The molecule has 0 saturated carbocycles. The predicted molar refractivity (Wildman–Crippen MR) is 84.4 cm³/mol. The van der Waals surface area contributed by atoms with Crippen LogP contribution >= 0.6 is 15.9 Å². The van der Waals surface area contributed by atoms with Crippen LogP contribution < -0.4 is 10.2 Å². The van der Waals surface area contributed by atoms with Gasteiger partial charge in [0.15, 0.2) is 0 Å². The summed E-state index contributed by atoms with van der Waals surface area (Å²) in [6, 6.07) is 7.57. The Morgan fingerprint density at radius 1 is 1.28 bits per heavy atom. The minimum Gasteiger partial charge on any atom is -0.368 e. The number of halogens is 1. The first-order chi connectivity index (χ1) is 8.51. The lowest BCUT2D eigenvalue weighted by molar-refractivity contribution is 0.649. The third-order valence-corrected chi connectivity index (χ3v) is 3.94. The molecule has 0 aliphatic rings. The molecule has 1 aromatic carbocycles. The highest BCUT2D eigenvalue weighted by Gasteiger charge is 2.14. The van der Waals surface area contributed by atoms with Gasteiger partial charge in [0.25, 0.3) is 0 Å². The summed E-state index contributed by atoms with van der Waals surface area (Å²) < 4.78 is 1.18. The molecule has 0 heterocycles. The molecule has 0 amide bonds. The topological polar surface area (TPSA) is 15.3 Å². The number of nitrogens with one attached hydrogen (secondary N) is 1. The molecule has 3 heteroatoms. The zero-order chi connectivity index (χ0) is 13.7. The maximum absolute atomic E-state index is 3.71. The summed E-state index contributed by atoms with van der Waals surface area (Å²) in [6.45, 7) is 9.98. The highest BCUT2D eigenvalue weighted by Crippen LogP contribution is 2.30. The van der Waals surface area contributed by atoms with Crippen molar-refractivity contribution in [2.24, 2.45) is 0 Å². The lowest BCUT2D eigenvalue weighted by Gasteiger charge is -2.30. The summed E-state index contributed by atoms with van der Waals surface area (Å²) in [6.07, 6.45) is 1.17. The fourth-order valence-electron chi connectivity index (χ4n) is 2.09. The van der Waals surface area contributed by atoms with Crippen molar-refractivity contribution in [3.05, 3.63) is 28.2 Å². The molecule has 1 unspecified atom stereocenters. The number of hydrogen-bond donors (Lipinski definition) is 1. The Morgan fingerprint density at radius 3 is 2.39 bits per heavy atom. The number of rotatable bonds is 6. The highest BCUT2D eigenvalue weighted by atomic mass is 79.9. The molecular weight excluding hydrogens is 288 g/mol. The molecule has 1 atom stereocenters. The van der Waals surface area contributed by atoms with E-state index >= 15 is 0 Å². The van der Waals surface area contributed by atoms with E-state index in [0.29, 0.717) is 12.1 Å². The van der Waals surface area contributed by atoms with Gasteiger partial charge in [-0.3, -0.25) is 0 Å². The van der Waals surface area contributed by atoms with Crippen molar-refractivity contribution in [3.63, 3.8) is 0 Å². The smallest absolute Gasteiger partial charge is 0.0513 e. The Bertz CT molecular complexity index is 377. The van der Waals surface area contributed by atoms with Crippen molar-refractivity contribution < 1.29 is 0 Å². The van der Waals surface area contributed by atoms with Crippen LogP contribution in [0.2, 0.25) is 0 Å². The number of anilines is 1. The average molecular weight is 313 g/mol. The van der Waals surface area contributed by atoms with Crippen LogP contribution in [0.5, 0.6) is 0 Å². The largest absolute Gasteiger partial charge is 0.368 e. The summed E-state index contributed by atoms with van der Waals surface area (Å²) in [5.41, 5.74) is 2.60. The molecule has 2 nitrogen and oxygen atoms in total. The van der Waals surface area contributed by atoms with Gasteiger partial charge in [0.2, 0.25) is 0 Å². The van der Waals surface area contributed by atoms with Crippen LogP contribution in [0.25, 0.3) is 0 Å². The van der Waals surface area contributed by atoms with E-state index in [0.717, 1.165) is 6.54 Å². The zero-order valence-corrected chi connectivity index (χ0v) is 13.7. The molecule has 0 fully saturated rings. The fraction of sp³-hybridized carbons (Fsp3) is 0.600. The Morgan fingerprint density at radius 2 is 1.94 bits per heavy atom. The van der Waals surface area contributed by atoms with Gasteiger partial charge in [-0.1, -0.05) is 13.0 Å². The molecule has 0 aliphatic heterocycles. The van der Waals surface area contributed by atoms with Crippen LogP contribution in [-0.4, -0.2) is 19.6 Å². The third kappa shape index (κ3) is 3.72. The molecule has 102 valence electrons. The first kappa shape index (κ1) is 15.5. The van der Waals surface area contributed by atoms with Crippen molar-refractivity contribution in [1.82, 2.24) is 5.32 Å². The predicted octanol–water partition coefficient (Wildman–Crippen LogP) is 4.35. The molecule has 1 N–H and O–H groups in total. The lowest BCUT2D eigenvalue weighted by atomic mass is 10.1. The summed E-state index contributed by atoms with van der Waals surface area (Å²) in [5.74, 6) is 0. The summed E-state index contributed by atoms with van der Waals surface area (Å²) in [4.78, 5) is 2.44. The van der Waals surface area contributed by atoms with E-state index in [2.05, 4.69) is 72.0 Å². The number of benzene rings is 1. The standard InChI is InChI=1S/C15H25BrN2/c1-6-9-18(11(2)3)15-8-7-13(10-14(15)16)12(4)17-5/h7-8,10-12,17H,6,9H2,1-5H3. The summed E-state index contributed by atoms with van der Waals surface area (Å²) in [5, 5.41) is 3.27. The molecule has 0 aromatic heterocycles. The Kier molecular flexibility index (Phi) is 6.16. The normalized spacial score (nSPS) is 12.8. The van der Waals surface area contributed by atoms with Gasteiger partial charge in [0, 0.05) is 23.1 Å². The van der Waals surface area contributed by atoms with Crippen LogP contribution in [0.4, 0.5) is 5.69 Å². The summed E-state index contributed by atoms with van der Waals surface area (Å²) >= 11 is 3.71. The average Bonchev–Trinajstić information content (AvgIpc) is 2.35. The van der Waals surface area contributed by atoms with Gasteiger partial charge in [-0.2, -0.15) is 0 Å². The van der Waals surface area contributed by atoms with Gasteiger partial charge < -0.3 is 10.2 Å². The van der Waals surface area contributed by atoms with Crippen LogP contribution in [0.15, 0.2) is 22.7 Å². The maximum Gasteiger partial charge on any atom is 0.0513 e. The molecule has 0 radical (unpaired) electrons. The highest BCUT2D eigenvalue weighted by molar-refractivity contribution is 9.10. The zero-order valence-electron chi connectivity index (χ0n) is 12.1. The summed E-state index contributed by atoms with van der Waals surface area (Å²) in [7, 11) is 1.99. The number of hydrogen-bond acceptors (Lipinski definition) is 2. The van der Waals surface area contributed by atoms with Crippen molar-refractivity contribution in [3.8, 4) is 0 Å². The third-order valence-electron chi connectivity index (χ3n) is 3.30. The molecule has 0 spiro atoms. The molecule has 0 bridgehead atoms. The van der Waals surface area contributed by atoms with Crippen molar-refractivity contribution in [2.45, 2.75) is 46.2 Å². The van der Waals surface area contributed by atoms with E-state index in [4.69, 9.17) is 0 Å². The van der Waals surface area contributed by atoms with Crippen molar-refractivity contribution >= 4 is 21.6 Å². The van der Waals surface area contributed by atoms with Crippen LogP contribution in [0, 0.1) is 0 Å². The molecule has 0 aliphatic carbocycles. The van der Waals surface area contributed by atoms with Crippen molar-refractivity contribution in [2.75, 3.05) is 18.5 Å². The lowest BCUT2D eigenvalue weighted by Crippen LogP contribution is -2.31. The Hall–Kier alpha value is -0.540. The van der Waals surface area contributed by atoms with E-state index in [9.17, 15) is 0 Å². The first-order valence-electron chi connectivity index (χ1n) is 6.74. The van der Waals surface area contributed by atoms with E-state index in [1.54, 1.807) is 0 Å². The second kappa shape index (κ2) is 7.15. The van der Waals surface area contributed by atoms with Gasteiger partial charge in [-0.15, -0.1) is 0 Å². The van der Waals surface area contributed by atoms with Crippen LogP contribution in [0.3, 0.4) is 0 Å². The number of nitrogens with zero attached hydrogens (tertiary/aromatic N) is 1. The Labute approximate surface area is 120 Å². The van der Waals surface area contributed by atoms with Crippen molar-refractivity contribution in [1.29, 1.82) is 0 Å². The van der Waals surface area contributed by atoms with E-state index in [1.165, 1.54) is 22.1 Å². The van der Waals surface area contributed by atoms with Crippen LogP contribution in [-0.2, 0) is 0 Å². The quantitative estimate of drug-likeness (QED) is 0.840. The molecular formula is C15H25BrN2. The molecule has 0 saturated heterocycles. The van der Waals surface area contributed by atoms with Gasteiger partial charge in [-0.25, -0.2) is 0 Å². The van der Waals surface area contributed by atoms with Gasteiger partial charge in [-0.05, 0) is 67.9 Å². The molecule has 18 heavy (non-hydrogen) atoms. The minimum atomic E-state index is 0.383. The second-order valence-corrected chi connectivity index (χ2v) is 5.86. The fourth-order valence-corrected chi connectivity index (χ4v) is 2.71. The van der Waals surface area contributed by atoms with E-state index in [1.807, 2.05) is 7.05 Å². The first-order valence-corrected chi connectivity index (χ1v) is 7.53. The van der Waals surface area contributed by atoms with Crippen LogP contribution in [0.1, 0.15) is 45.7 Å². The van der Waals surface area contributed by atoms with E-state index in [-0.39, 0.29) is 0 Å². The van der Waals surface area contributed by atoms with Gasteiger partial charge in [0.1, 0.15) is 0 Å². The Balaban J connectivity index is 3.03. The second-order valence-electron chi connectivity index (χ2n) is 5.01. The van der Waals surface area contributed by atoms with E-state index < -0.39 is 0 Å².